The molecule has 2 N–H and O–H groups in total. The molecule has 0 radical (unpaired) electrons. The topological polar surface area (TPSA) is 58.3 Å². The molecule has 1 aliphatic rings. The summed E-state index contributed by atoms with van der Waals surface area (Å²) in [5.41, 5.74) is 0.936. The molecule has 0 amide bonds. The van der Waals surface area contributed by atoms with Crippen molar-refractivity contribution in [2.75, 3.05) is 0 Å². The van der Waals surface area contributed by atoms with Crippen LogP contribution in [0.4, 0.5) is 0 Å². The van der Waals surface area contributed by atoms with E-state index in [1.807, 2.05) is 18.3 Å². The van der Waals surface area contributed by atoms with Crippen LogP contribution in [0, 0.1) is 5.92 Å². The summed E-state index contributed by atoms with van der Waals surface area (Å²) in [4.78, 5) is 4.41. The molecule has 0 bridgehead atoms. The molecule has 0 aliphatic heterocycles. The zero-order valence-corrected chi connectivity index (χ0v) is 11.4. The van der Waals surface area contributed by atoms with Gasteiger partial charge in [0, 0.05) is 24.5 Å². The van der Waals surface area contributed by atoms with Gasteiger partial charge in [-0.2, -0.15) is 0 Å². The van der Waals surface area contributed by atoms with Crippen molar-refractivity contribution in [3.05, 3.63) is 36.7 Å². The molecule has 0 spiro atoms. The van der Waals surface area contributed by atoms with Crippen LogP contribution in [0.3, 0.4) is 0 Å². The first-order valence-corrected chi connectivity index (χ1v) is 7.21. The van der Waals surface area contributed by atoms with Gasteiger partial charge in [-0.1, -0.05) is 12.1 Å². The van der Waals surface area contributed by atoms with Gasteiger partial charge in [-0.05, 0) is 43.7 Å². The van der Waals surface area contributed by atoms with E-state index in [4.69, 9.17) is 0 Å². The number of aromatic hydroxyl groups is 1. The lowest BCUT2D eigenvalue weighted by Crippen LogP contribution is -2.21. The molecular weight excluding hydrogens is 252 g/mol. The SMILES string of the molecule is Oc1cccc(-c2nccn2CC2CCC(O)CC2)c1. The molecule has 3 rings (SSSR count). The Morgan fingerprint density at radius 1 is 1.20 bits per heavy atom. The standard InChI is InChI=1S/C16H20N2O2/c19-14-6-4-12(5-7-14)11-18-9-8-17-16(18)13-2-1-3-15(20)10-13/h1-3,8-10,12,14,19-20H,4-7,11H2. The maximum Gasteiger partial charge on any atom is 0.140 e. The van der Waals surface area contributed by atoms with Crippen LogP contribution in [0.5, 0.6) is 5.75 Å². The molecule has 1 fully saturated rings. The number of aliphatic hydroxyl groups excluding tert-OH is 1. The van der Waals surface area contributed by atoms with E-state index in [2.05, 4.69) is 9.55 Å². The summed E-state index contributed by atoms with van der Waals surface area (Å²) in [5.74, 6) is 1.76. The van der Waals surface area contributed by atoms with Crippen LogP contribution in [0.1, 0.15) is 25.7 Å². The van der Waals surface area contributed by atoms with Gasteiger partial charge >= 0.3 is 0 Å². The van der Waals surface area contributed by atoms with E-state index in [0.717, 1.165) is 43.6 Å². The maximum absolute atomic E-state index is 9.59. The highest BCUT2D eigenvalue weighted by atomic mass is 16.3. The van der Waals surface area contributed by atoms with Gasteiger partial charge in [-0.25, -0.2) is 4.98 Å². The molecule has 1 heterocycles. The Hall–Kier alpha value is -1.81. The average Bonchev–Trinajstić information content (AvgIpc) is 2.89. The molecule has 0 saturated heterocycles. The van der Waals surface area contributed by atoms with Crippen molar-refractivity contribution in [2.45, 2.75) is 38.3 Å². The number of phenolic OH excluding ortho intramolecular Hbond substituents is 1. The zero-order chi connectivity index (χ0) is 13.9. The first-order valence-electron chi connectivity index (χ1n) is 7.21. The minimum Gasteiger partial charge on any atom is -0.508 e. The quantitative estimate of drug-likeness (QED) is 0.903. The third kappa shape index (κ3) is 2.85. The van der Waals surface area contributed by atoms with Crippen LogP contribution in [0.2, 0.25) is 0 Å². The van der Waals surface area contributed by atoms with Crippen LogP contribution in [-0.2, 0) is 6.54 Å². The van der Waals surface area contributed by atoms with E-state index < -0.39 is 0 Å². The average molecular weight is 272 g/mol. The van der Waals surface area contributed by atoms with Crippen molar-refractivity contribution >= 4 is 0 Å². The first-order chi connectivity index (χ1) is 9.72. The lowest BCUT2D eigenvalue weighted by molar-refractivity contribution is 0.104. The smallest absolute Gasteiger partial charge is 0.140 e. The molecule has 2 aromatic rings. The Kier molecular flexibility index (Phi) is 3.74. The van der Waals surface area contributed by atoms with Crippen LogP contribution >= 0.6 is 0 Å². The van der Waals surface area contributed by atoms with Crippen molar-refractivity contribution in [2.24, 2.45) is 5.92 Å². The van der Waals surface area contributed by atoms with Crippen molar-refractivity contribution in [3.63, 3.8) is 0 Å². The highest BCUT2D eigenvalue weighted by molar-refractivity contribution is 5.57. The number of imidazole rings is 1. The van der Waals surface area contributed by atoms with Gasteiger partial charge < -0.3 is 14.8 Å². The first kappa shape index (κ1) is 13.2. The molecule has 1 saturated carbocycles. The minimum absolute atomic E-state index is 0.112. The Labute approximate surface area is 118 Å². The number of aromatic nitrogens is 2. The second-order valence-corrected chi connectivity index (χ2v) is 5.63. The van der Waals surface area contributed by atoms with E-state index >= 15 is 0 Å². The van der Waals surface area contributed by atoms with Crippen molar-refractivity contribution in [1.82, 2.24) is 9.55 Å². The van der Waals surface area contributed by atoms with E-state index in [-0.39, 0.29) is 11.9 Å². The number of phenols is 1. The number of benzene rings is 1. The van der Waals surface area contributed by atoms with Crippen molar-refractivity contribution < 1.29 is 10.2 Å². The predicted octanol–water partition coefficient (Wildman–Crippen LogP) is 2.81. The summed E-state index contributed by atoms with van der Waals surface area (Å²) < 4.78 is 2.15. The summed E-state index contributed by atoms with van der Waals surface area (Å²) in [7, 11) is 0. The molecular formula is C16H20N2O2. The number of aliphatic hydroxyl groups is 1. The molecule has 4 heteroatoms. The van der Waals surface area contributed by atoms with Gasteiger partial charge in [0.15, 0.2) is 0 Å². The van der Waals surface area contributed by atoms with Crippen LogP contribution < -0.4 is 0 Å². The normalized spacial score (nSPS) is 22.9. The second-order valence-electron chi connectivity index (χ2n) is 5.63. The molecule has 1 aliphatic carbocycles. The highest BCUT2D eigenvalue weighted by Gasteiger charge is 2.20. The second kappa shape index (κ2) is 5.67. The predicted molar refractivity (Wildman–Crippen MR) is 77.3 cm³/mol. The van der Waals surface area contributed by atoms with Gasteiger partial charge in [0.25, 0.3) is 0 Å². The highest BCUT2D eigenvalue weighted by Crippen LogP contribution is 2.28. The van der Waals surface area contributed by atoms with E-state index in [9.17, 15) is 10.2 Å². The fourth-order valence-electron chi connectivity index (χ4n) is 2.97. The fraction of sp³-hybridized carbons (Fsp3) is 0.438. The number of hydrogen-bond acceptors (Lipinski definition) is 3. The number of hydrogen-bond donors (Lipinski definition) is 2. The molecule has 20 heavy (non-hydrogen) atoms. The van der Waals surface area contributed by atoms with Gasteiger partial charge in [-0.3, -0.25) is 0 Å². The van der Waals surface area contributed by atoms with Crippen LogP contribution in [-0.4, -0.2) is 25.9 Å². The molecule has 1 aromatic heterocycles. The number of nitrogens with zero attached hydrogens (tertiary/aromatic N) is 2. The minimum atomic E-state index is -0.112. The summed E-state index contributed by atoms with van der Waals surface area (Å²) in [6, 6.07) is 7.20. The molecule has 106 valence electrons. The van der Waals surface area contributed by atoms with Crippen LogP contribution in [0.15, 0.2) is 36.7 Å². The molecule has 0 unspecified atom stereocenters. The third-order valence-electron chi connectivity index (χ3n) is 4.09. The van der Waals surface area contributed by atoms with Gasteiger partial charge in [0.1, 0.15) is 11.6 Å². The molecule has 4 nitrogen and oxygen atoms in total. The Morgan fingerprint density at radius 2 is 2.00 bits per heavy atom. The lowest BCUT2D eigenvalue weighted by atomic mass is 9.87. The fourth-order valence-corrected chi connectivity index (χ4v) is 2.97. The largest absolute Gasteiger partial charge is 0.508 e. The monoisotopic (exact) mass is 272 g/mol. The van der Waals surface area contributed by atoms with Crippen LogP contribution in [0.25, 0.3) is 11.4 Å². The Morgan fingerprint density at radius 3 is 2.75 bits per heavy atom. The summed E-state index contributed by atoms with van der Waals surface area (Å²) in [6.07, 6.45) is 7.63. The van der Waals surface area contributed by atoms with E-state index in [1.165, 1.54) is 0 Å². The zero-order valence-electron chi connectivity index (χ0n) is 11.4. The molecule has 0 atom stereocenters. The summed E-state index contributed by atoms with van der Waals surface area (Å²) >= 11 is 0. The van der Waals surface area contributed by atoms with E-state index in [0.29, 0.717) is 5.92 Å². The van der Waals surface area contributed by atoms with Crippen molar-refractivity contribution in [3.8, 4) is 17.1 Å². The Balaban J connectivity index is 1.77. The van der Waals surface area contributed by atoms with E-state index in [1.54, 1.807) is 18.3 Å². The lowest BCUT2D eigenvalue weighted by Gasteiger charge is -2.26. The molecule has 1 aromatic carbocycles. The Bertz CT molecular complexity index is 571. The summed E-state index contributed by atoms with van der Waals surface area (Å²) in [5, 5.41) is 19.2. The van der Waals surface area contributed by atoms with Gasteiger partial charge in [0.05, 0.1) is 6.10 Å². The van der Waals surface area contributed by atoms with Gasteiger partial charge in [-0.15, -0.1) is 0 Å². The van der Waals surface area contributed by atoms with Gasteiger partial charge in [0.2, 0.25) is 0 Å². The van der Waals surface area contributed by atoms with Crippen molar-refractivity contribution in [1.29, 1.82) is 0 Å². The summed E-state index contributed by atoms with van der Waals surface area (Å²) in [6.45, 7) is 0.928. The number of rotatable bonds is 3. The third-order valence-corrected chi connectivity index (χ3v) is 4.09. The maximum atomic E-state index is 9.59.